The van der Waals surface area contributed by atoms with Crippen LogP contribution in [0.2, 0.25) is 5.02 Å². The summed E-state index contributed by atoms with van der Waals surface area (Å²) in [5, 5.41) is 0.786. The Morgan fingerprint density at radius 1 is 1.50 bits per heavy atom. The summed E-state index contributed by atoms with van der Waals surface area (Å²) in [6, 6.07) is 7.84. The summed E-state index contributed by atoms with van der Waals surface area (Å²) in [6.07, 6.45) is 5.13. The lowest BCUT2D eigenvalue weighted by Crippen LogP contribution is -1.80. The van der Waals surface area contributed by atoms with Crippen LogP contribution in [0.3, 0.4) is 0 Å². The Balaban J connectivity index is 2.48. The fourth-order valence-electron chi connectivity index (χ4n) is 0.855. The third kappa shape index (κ3) is 3.21. The van der Waals surface area contributed by atoms with E-state index in [1.54, 1.807) is 11.8 Å². The van der Waals surface area contributed by atoms with Gasteiger partial charge in [-0.3, -0.25) is 0 Å². The monoisotopic (exact) mass is 196 g/mol. The van der Waals surface area contributed by atoms with Crippen molar-refractivity contribution in [2.45, 2.75) is 5.75 Å². The van der Waals surface area contributed by atoms with Crippen LogP contribution in [0.15, 0.2) is 24.3 Å². The van der Waals surface area contributed by atoms with Gasteiger partial charge in [0.1, 0.15) is 0 Å². The van der Waals surface area contributed by atoms with Gasteiger partial charge in [0, 0.05) is 10.8 Å². The summed E-state index contributed by atoms with van der Waals surface area (Å²) in [6.45, 7) is 0. The van der Waals surface area contributed by atoms with Crippen molar-refractivity contribution in [2.24, 2.45) is 0 Å². The van der Waals surface area contributed by atoms with E-state index in [9.17, 15) is 0 Å². The van der Waals surface area contributed by atoms with Gasteiger partial charge in [0.05, 0.1) is 5.75 Å². The summed E-state index contributed by atoms with van der Waals surface area (Å²) < 4.78 is 0. The first-order chi connectivity index (χ1) is 5.83. The highest BCUT2D eigenvalue weighted by Crippen LogP contribution is 2.15. The van der Waals surface area contributed by atoms with Crippen molar-refractivity contribution in [2.75, 3.05) is 5.75 Å². The minimum Gasteiger partial charge on any atom is -0.144 e. The van der Waals surface area contributed by atoms with Gasteiger partial charge in [-0.25, -0.2) is 0 Å². The van der Waals surface area contributed by atoms with Gasteiger partial charge in [0.15, 0.2) is 0 Å². The van der Waals surface area contributed by atoms with Crippen molar-refractivity contribution in [3.63, 3.8) is 0 Å². The lowest BCUT2D eigenvalue weighted by molar-refractivity contribution is 1.42. The first kappa shape index (κ1) is 9.51. The number of terminal acetylenes is 1. The molecule has 62 valence electrons. The third-order valence-electron chi connectivity index (χ3n) is 1.34. The van der Waals surface area contributed by atoms with Gasteiger partial charge in [-0.05, 0) is 17.7 Å². The Hall–Kier alpha value is -0.580. The molecule has 0 atom stereocenters. The van der Waals surface area contributed by atoms with Crippen LogP contribution in [0.1, 0.15) is 5.56 Å². The van der Waals surface area contributed by atoms with Crippen molar-refractivity contribution in [1.29, 1.82) is 0 Å². The Morgan fingerprint density at radius 3 is 3.00 bits per heavy atom. The SMILES string of the molecule is C#CCSCc1cccc(Cl)c1. The maximum Gasteiger partial charge on any atom is 0.0548 e. The number of hydrogen-bond donors (Lipinski definition) is 0. The predicted molar refractivity (Wildman–Crippen MR) is 56.4 cm³/mol. The van der Waals surface area contributed by atoms with E-state index in [-0.39, 0.29) is 0 Å². The molecule has 0 saturated carbocycles. The van der Waals surface area contributed by atoms with E-state index >= 15 is 0 Å². The molecular formula is C10H9ClS. The molecule has 0 aliphatic heterocycles. The van der Waals surface area contributed by atoms with Crippen LogP contribution in [-0.4, -0.2) is 5.75 Å². The number of benzene rings is 1. The van der Waals surface area contributed by atoms with Gasteiger partial charge in [0.25, 0.3) is 0 Å². The largest absolute Gasteiger partial charge is 0.144 e. The Bertz CT molecular complexity index is 288. The molecule has 0 spiro atoms. The van der Waals surface area contributed by atoms with E-state index < -0.39 is 0 Å². The summed E-state index contributed by atoms with van der Waals surface area (Å²) in [7, 11) is 0. The van der Waals surface area contributed by atoms with Gasteiger partial charge >= 0.3 is 0 Å². The average Bonchev–Trinajstić information content (AvgIpc) is 2.05. The van der Waals surface area contributed by atoms with Crippen LogP contribution >= 0.6 is 23.4 Å². The third-order valence-corrected chi connectivity index (χ3v) is 2.49. The van der Waals surface area contributed by atoms with Gasteiger partial charge < -0.3 is 0 Å². The summed E-state index contributed by atoms with van der Waals surface area (Å²) in [4.78, 5) is 0. The smallest absolute Gasteiger partial charge is 0.0548 e. The van der Waals surface area contributed by atoms with Crippen molar-refractivity contribution < 1.29 is 0 Å². The number of halogens is 1. The van der Waals surface area contributed by atoms with E-state index in [0.717, 1.165) is 16.5 Å². The molecule has 12 heavy (non-hydrogen) atoms. The van der Waals surface area contributed by atoms with Crippen LogP contribution in [-0.2, 0) is 5.75 Å². The maximum absolute atomic E-state index is 5.81. The molecule has 0 nitrogen and oxygen atoms in total. The lowest BCUT2D eigenvalue weighted by Gasteiger charge is -1.98. The first-order valence-corrected chi connectivity index (χ1v) is 5.12. The minimum absolute atomic E-state index is 0.756. The molecule has 0 aromatic heterocycles. The molecule has 0 bridgehead atoms. The highest BCUT2D eigenvalue weighted by Gasteiger charge is 1.92. The summed E-state index contributed by atoms with van der Waals surface area (Å²) in [5.74, 6) is 4.27. The van der Waals surface area contributed by atoms with Crippen LogP contribution in [0.5, 0.6) is 0 Å². The predicted octanol–water partition coefficient (Wildman–Crippen LogP) is 3.21. The molecule has 1 aromatic carbocycles. The Morgan fingerprint density at radius 2 is 2.33 bits per heavy atom. The molecule has 0 saturated heterocycles. The quantitative estimate of drug-likeness (QED) is 0.529. The molecule has 0 N–H and O–H groups in total. The maximum atomic E-state index is 5.81. The van der Waals surface area contributed by atoms with E-state index in [0.29, 0.717) is 0 Å². The van der Waals surface area contributed by atoms with Crippen molar-refractivity contribution >= 4 is 23.4 Å². The summed E-state index contributed by atoms with van der Waals surface area (Å²) >= 11 is 7.53. The zero-order valence-corrected chi connectivity index (χ0v) is 8.16. The van der Waals surface area contributed by atoms with Gasteiger partial charge in [-0.15, -0.1) is 18.2 Å². The van der Waals surface area contributed by atoms with Gasteiger partial charge in [-0.1, -0.05) is 29.7 Å². The molecule has 1 aromatic rings. The second-order valence-electron chi connectivity index (χ2n) is 2.33. The molecule has 0 heterocycles. The van der Waals surface area contributed by atoms with E-state index in [2.05, 4.69) is 12.0 Å². The molecule has 2 heteroatoms. The van der Waals surface area contributed by atoms with Crippen molar-refractivity contribution in [3.8, 4) is 12.3 Å². The average molecular weight is 197 g/mol. The first-order valence-electron chi connectivity index (χ1n) is 3.58. The number of hydrogen-bond acceptors (Lipinski definition) is 1. The fourth-order valence-corrected chi connectivity index (χ4v) is 1.70. The highest BCUT2D eigenvalue weighted by atomic mass is 35.5. The number of thioether (sulfide) groups is 1. The highest BCUT2D eigenvalue weighted by molar-refractivity contribution is 7.98. The van der Waals surface area contributed by atoms with E-state index in [4.69, 9.17) is 18.0 Å². The van der Waals surface area contributed by atoms with Crippen LogP contribution < -0.4 is 0 Å². The molecule has 0 unspecified atom stereocenters. The second-order valence-corrected chi connectivity index (χ2v) is 3.75. The zero-order chi connectivity index (χ0) is 8.81. The van der Waals surface area contributed by atoms with E-state index in [1.165, 1.54) is 5.56 Å². The van der Waals surface area contributed by atoms with Gasteiger partial charge in [-0.2, -0.15) is 0 Å². The zero-order valence-electron chi connectivity index (χ0n) is 6.59. The van der Waals surface area contributed by atoms with Crippen LogP contribution in [0, 0.1) is 12.3 Å². The second kappa shape index (κ2) is 5.13. The molecule has 0 radical (unpaired) electrons. The molecule has 0 aliphatic carbocycles. The lowest BCUT2D eigenvalue weighted by atomic mass is 10.2. The Labute approximate surface area is 82.3 Å². The molecule has 0 aliphatic rings. The van der Waals surface area contributed by atoms with Gasteiger partial charge in [0.2, 0.25) is 0 Å². The molecule has 0 fully saturated rings. The van der Waals surface area contributed by atoms with Crippen LogP contribution in [0.4, 0.5) is 0 Å². The molecule has 0 amide bonds. The number of rotatable bonds is 3. The fraction of sp³-hybridized carbons (Fsp3) is 0.200. The molecule has 1 rings (SSSR count). The molecular weight excluding hydrogens is 188 g/mol. The Kier molecular flexibility index (Phi) is 4.07. The normalized spacial score (nSPS) is 9.33. The van der Waals surface area contributed by atoms with E-state index in [1.807, 2.05) is 18.2 Å². The van der Waals surface area contributed by atoms with Crippen molar-refractivity contribution in [3.05, 3.63) is 34.9 Å². The van der Waals surface area contributed by atoms with Crippen molar-refractivity contribution in [1.82, 2.24) is 0 Å². The summed E-state index contributed by atoms with van der Waals surface area (Å²) in [5.41, 5.74) is 1.22. The minimum atomic E-state index is 0.756. The van der Waals surface area contributed by atoms with Crippen LogP contribution in [0.25, 0.3) is 0 Å². The topological polar surface area (TPSA) is 0 Å². The standard InChI is InChI=1S/C10H9ClS/c1-2-6-12-8-9-4-3-5-10(11)7-9/h1,3-5,7H,6,8H2.